The van der Waals surface area contributed by atoms with E-state index in [1.54, 1.807) is 11.3 Å². The van der Waals surface area contributed by atoms with Crippen molar-refractivity contribution in [2.75, 3.05) is 0 Å². The van der Waals surface area contributed by atoms with E-state index in [1.165, 1.54) is 26.6 Å². The van der Waals surface area contributed by atoms with E-state index >= 15 is 0 Å². The van der Waals surface area contributed by atoms with Crippen molar-refractivity contribution < 1.29 is 14.4 Å². The van der Waals surface area contributed by atoms with Gasteiger partial charge in [-0.1, -0.05) is 17.3 Å². The van der Waals surface area contributed by atoms with Crippen LogP contribution in [-0.2, 0) is 0 Å². The number of hydrogen-bond donors (Lipinski definition) is 1. The highest BCUT2D eigenvalue weighted by Gasteiger charge is 2.13. The molecule has 3 aromatic rings. The van der Waals surface area contributed by atoms with Gasteiger partial charge in [0.05, 0.1) is 0 Å². The molecule has 0 radical (unpaired) electrons. The van der Waals surface area contributed by atoms with E-state index in [4.69, 9.17) is 9.63 Å². The molecule has 0 amide bonds. The van der Waals surface area contributed by atoms with Crippen LogP contribution in [0.2, 0.25) is 0 Å². The minimum atomic E-state index is -1.11. The normalized spacial score (nSPS) is 11.1. The van der Waals surface area contributed by atoms with Gasteiger partial charge in [0.15, 0.2) is 0 Å². The molecular weight excluding hydrogens is 262 g/mol. The molecule has 19 heavy (non-hydrogen) atoms. The molecule has 0 unspecified atom stereocenters. The van der Waals surface area contributed by atoms with Crippen LogP contribution in [0, 0.1) is 13.8 Å². The number of hydrogen-bond acceptors (Lipinski definition) is 4. The smallest absolute Gasteiger partial charge is 0.374 e. The number of benzene rings is 1. The lowest BCUT2D eigenvalue weighted by Crippen LogP contribution is -1.91. The second kappa shape index (κ2) is 4.20. The summed E-state index contributed by atoms with van der Waals surface area (Å²) in [5, 5.41) is 13.8. The van der Waals surface area contributed by atoms with Crippen molar-refractivity contribution in [1.29, 1.82) is 0 Å². The molecule has 0 saturated carbocycles. The maximum absolute atomic E-state index is 10.8. The quantitative estimate of drug-likeness (QED) is 0.769. The monoisotopic (exact) mass is 273 g/mol. The van der Waals surface area contributed by atoms with Crippen LogP contribution in [0.3, 0.4) is 0 Å². The summed E-state index contributed by atoms with van der Waals surface area (Å²) < 4.78 is 5.95. The van der Waals surface area contributed by atoms with Crippen LogP contribution >= 0.6 is 11.3 Å². The lowest BCUT2D eigenvalue weighted by molar-refractivity contribution is 0.0652. The first kappa shape index (κ1) is 11.9. The average molecular weight is 273 g/mol. The molecule has 2 heterocycles. The van der Waals surface area contributed by atoms with Gasteiger partial charge < -0.3 is 9.63 Å². The third-order valence-electron chi connectivity index (χ3n) is 3.19. The molecule has 0 aliphatic carbocycles. The summed E-state index contributed by atoms with van der Waals surface area (Å²) in [6, 6.07) is 7.43. The number of thiophene rings is 1. The van der Waals surface area contributed by atoms with E-state index in [0.29, 0.717) is 5.69 Å². The molecule has 0 spiro atoms. The zero-order valence-electron chi connectivity index (χ0n) is 10.4. The van der Waals surface area contributed by atoms with E-state index in [1.807, 2.05) is 18.2 Å². The Hall–Kier alpha value is -2.14. The molecule has 5 heteroatoms. The summed E-state index contributed by atoms with van der Waals surface area (Å²) in [4.78, 5) is 12.1. The van der Waals surface area contributed by atoms with E-state index in [9.17, 15) is 4.79 Å². The van der Waals surface area contributed by atoms with Gasteiger partial charge in [-0.25, -0.2) is 4.79 Å². The number of aromatic carboxylic acids is 1. The average Bonchev–Trinajstić information content (AvgIpc) is 2.96. The van der Waals surface area contributed by atoms with Gasteiger partial charge in [0, 0.05) is 21.2 Å². The Labute approximate surface area is 113 Å². The molecule has 0 aliphatic heterocycles. The molecule has 3 rings (SSSR count). The fourth-order valence-corrected chi connectivity index (χ4v) is 3.13. The first-order chi connectivity index (χ1) is 9.06. The highest BCUT2D eigenvalue weighted by atomic mass is 32.1. The first-order valence-electron chi connectivity index (χ1n) is 5.76. The minimum absolute atomic E-state index is 0.145. The van der Waals surface area contributed by atoms with Gasteiger partial charge >= 0.3 is 5.97 Å². The number of carboxylic acid groups (broad SMARTS) is 1. The van der Waals surface area contributed by atoms with Crippen LogP contribution in [0.15, 0.2) is 28.8 Å². The Morgan fingerprint density at radius 1 is 1.32 bits per heavy atom. The van der Waals surface area contributed by atoms with Crippen LogP contribution in [-0.4, -0.2) is 16.2 Å². The second-order valence-corrected chi connectivity index (χ2v) is 5.63. The van der Waals surface area contributed by atoms with Crippen LogP contribution in [0.1, 0.15) is 21.0 Å². The van der Waals surface area contributed by atoms with Crippen LogP contribution in [0.4, 0.5) is 0 Å². The highest BCUT2D eigenvalue weighted by Crippen LogP contribution is 2.33. The fraction of sp³-hybridized carbons (Fsp3) is 0.143. The molecule has 0 aliphatic rings. The summed E-state index contributed by atoms with van der Waals surface area (Å²) in [5.74, 6) is -1.25. The summed E-state index contributed by atoms with van der Waals surface area (Å²) in [5.41, 5.74) is 2.70. The number of nitrogens with zero attached hydrogens (tertiary/aromatic N) is 1. The molecule has 0 atom stereocenters. The van der Waals surface area contributed by atoms with Gasteiger partial charge in [-0.2, -0.15) is 0 Å². The Balaban J connectivity index is 2.12. The zero-order chi connectivity index (χ0) is 13.6. The maximum atomic E-state index is 10.8. The molecule has 0 saturated heterocycles. The lowest BCUT2D eigenvalue weighted by Gasteiger charge is -1.96. The van der Waals surface area contributed by atoms with Crippen molar-refractivity contribution in [3.63, 3.8) is 0 Å². The summed E-state index contributed by atoms with van der Waals surface area (Å²) in [6.07, 6.45) is 0. The van der Waals surface area contributed by atoms with E-state index in [2.05, 4.69) is 19.0 Å². The van der Waals surface area contributed by atoms with Crippen LogP contribution in [0.5, 0.6) is 0 Å². The molecule has 2 aromatic heterocycles. The van der Waals surface area contributed by atoms with Crippen molar-refractivity contribution in [1.82, 2.24) is 5.16 Å². The molecule has 1 N–H and O–H groups in total. The van der Waals surface area contributed by atoms with Gasteiger partial charge in [-0.05, 0) is 30.9 Å². The second-order valence-electron chi connectivity index (χ2n) is 4.38. The standard InChI is InChI=1S/C14H11NO3S/c1-7-8(2)19-13-5-9(3-4-10(7)13)11-6-12(14(16)17)18-15-11/h3-6H,1-2H3,(H,16,17). The molecule has 4 nitrogen and oxygen atoms in total. The summed E-state index contributed by atoms with van der Waals surface area (Å²) in [7, 11) is 0. The molecule has 0 bridgehead atoms. The Morgan fingerprint density at radius 3 is 2.79 bits per heavy atom. The number of aryl methyl sites for hydroxylation is 2. The summed E-state index contributed by atoms with van der Waals surface area (Å²) in [6.45, 7) is 4.20. The van der Waals surface area contributed by atoms with Crippen LogP contribution in [0.25, 0.3) is 21.3 Å². The number of aromatic nitrogens is 1. The lowest BCUT2D eigenvalue weighted by atomic mass is 10.1. The van der Waals surface area contributed by atoms with Crippen molar-refractivity contribution in [3.05, 3.63) is 40.5 Å². The number of fused-ring (bicyclic) bond motifs is 1. The fourth-order valence-electron chi connectivity index (χ4n) is 2.02. The number of rotatable bonds is 2. The van der Waals surface area contributed by atoms with Crippen LogP contribution < -0.4 is 0 Å². The third-order valence-corrected chi connectivity index (χ3v) is 4.36. The predicted molar refractivity (Wildman–Crippen MR) is 73.8 cm³/mol. The molecule has 96 valence electrons. The van der Waals surface area contributed by atoms with Gasteiger partial charge in [0.2, 0.25) is 5.76 Å². The largest absolute Gasteiger partial charge is 0.475 e. The molecular formula is C14H11NO3S. The Morgan fingerprint density at radius 2 is 2.11 bits per heavy atom. The Kier molecular flexibility index (Phi) is 2.64. The number of carbonyl (C=O) groups is 1. The van der Waals surface area contributed by atoms with Crippen molar-refractivity contribution in [3.8, 4) is 11.3 Å². The third kappa shape index (κ3) is 1.92. The number of carboxylic acids is 1. The zero-order valence-corrected chi connectivity index (χ0v) is 11.2. The van der Waals surface area contributed by atoms with Gasteiger partial charge in [0.25, 0.3) is 0 Å². The first-order valence-corrected chi connectivity index (χ1v) is 6.58. The Bertz CT molecular complexity index is 785. The SMILES string of the molecule is Cc1sc2cc(-c3cc(C(=O)O)on3)ccc2c1C. The van der Waals surface area contributed by atoms with E-state index in [0.717, 1.165) is 5.56 Å². The van der Waals surface area contributed by atoms with Gasteiger partial charge in [-0.3, -0.25) is 0 Å². The topological polar surface area (TPSA) is 63.3 Å². The molecule has 1 aromatic carbocycles. The van der Waals surface area contributed by atoms with Crippen molar-refractivity contribution in [2.24, 2.45) is 0 Å². The molecule has 0 fully saturated rings. The van der Waals surface area contributed by atoms with Gasteiger partial charge in [-0.15, -0.1) is 11.3 Å². The van der Waals surface area contributed by atoms with Crippen molar-refractivity contribution in [2.45, 2.75) is 13.8 Å². The highest BCUT2D eigenvalue weighted by molar-refractivity contribution is 7.19. The van der Waals surface area contributed by atoms with Gasteiger partial charge in [0.1, 0.15) is 5.69 Å². The van der Waals surface area contributed by atoms with E-state index < -0.39 is 5.97 Å². The van der Waals surface area contributed by atoms with E-state index in [-0.39, 0.29) is 5.76 Å². The maximum Gasteiger partial charge on any atom is 0.374 e. The van der Waals surface area contributed by atoms with Crippen molar-refractivity contribution >= 4 is 27.4 Å². The minimum Gasteiger partial charge on any atom is -0.475 e. The predicted octanol–water partition coefficient (Wildman–Crippen LogP) is 3.87. The summed E-state index contributed by atoms with van der Waals surface area (Å²) >= 11 is 1.73.